The minimum absolute atomic E-state index is 0.00857. The van der Waals surface area contributed by atoms with Gasteiger partial charge >= 0.3 is 0 Å². The molecule has 1 amide bonds. The standard InChI is InChI=1S/C12H22N2O/c13-8-12(15)14-11-6-5-9-3-1-2-4-10(9)7-11/h9-11H,1-8,13H2,(H,14,15). The Labute approximate surface area is 91.8 Å². The predicted molar refractivity (Wildman–Crippen MR) is 60.3 cm³/mol. The van der Waals surface area contributed by atoms with Gasteiger partial charge in [-0.1, -0.05) is 25.7 Å². The first-order chi connectivity index (χ1) is 7.29. The highest BCUT2D eigenvalue weighted by Gasteiger charge is 2.32. The number of nitrogens with one attached hydrogen (secondary N) is 1. The van der Waals surface area contributed by atoms with Gasteiger partial charge in [-0.3, -0.25) is 4.79 Å². The minimum atomic E-state index is 0.00857. The van der Waals surface area contributed by atoms with Crippen molar-refractivity contribution in [2.45, 2.75) is 51.0 Å². The lowest BCUT2D eigenvalue weighted by Crippen LogP contribution is -2.43. The van der Waals surface area contributed by atoms with Crippen molar-refractivity contribution >= 4 is 5.91 Å². The average Bonchev–Trinajstić information content (AvgIpc) is 2.29. The lowest BCUT2D eigenvalue weighted by molar-refractivity contribution is -0.120. The summed E-state index contributed by atoms with van der Waals surface area (Å²) in [5.41, 5.74) is 5.31. The molecule has 3 atom stereocenters. The first-order valence-corrected chi connectivity index (χ1v) is 6.29. The van der Waals surface area contributed by atoms with Crippen LogP contribution in [0.15, 0.2) is 0 Å². The highest BCUT2D eigenvalue weighted by molar-refractivity contribution is 5.78. The van der Waals surface area contributed by atoms with Crippen molar-refractivity contribution in [1.29, 1.82) is 0 Å². The number of nitrogens with two attached hydrogens (primary N) is 1. The summed E-state index contributed by atoms with van der Waals surface area (Å²) in [4.78, 5) is 11.2. The molecule has 0 spiro atoms. The zero-order valence-corrected chi connectivity index (χ0v) is 9.37. The van der Waals surface area contributed by atoms with Crippen LogP contribution < -0.4 is 11.1 Å². The Morgan fingerprint density at radius 1 is 1.13 bits per heavy atom. The number of hydrogen-bond acceptors (Lipinski definition) is 2. The largest absolute Gasteiger partial charge is 0.352 e. The molecule has 3 unspecified atom stereocenters. The van der Waals surface area contributed by atoms with E-state index in [0.29, 0.717) is 6.04 Å². The topological polar surface area (TPSA) is 55.1 Å². The molecule has 0 radical (unpaired) electrons. The summed E-state index contributed by atoms with van der Waals surface area (Å²) in [6.45, 7) is 0.130. The predicted octanol–water partition coefficient (Wildman–Crippen LogP) is 1.42. The van der Waals surface area contributed by atoms with Crippen molar-refractivity contribution in [2.75, 3.05) is 6.54 Å². The van der Waals surface area contributed by atoms with Crippen LogP contribution in [0.25, 0.3) is 0 Å². The van der Waals surface area contributed by atoms with Gasteiger partial charge in [0.05, 0.1) is 6.54 Å². The van der Waals surface area contributed by atoms with Gasteiger partial charge in [0, 0.05) is 6.04 Å². The van der Waals surface area contributed by atoms with Crippen LogP contribution >= 0.6 is 0 Å². The van der Waals surface area contributed by atoms with E-state index in [4.69, 9.17) is 5.73 Å². The van der Waals surface area contributed by atoms with Crippen LogP contribution in [0.4, 0.5) is 0 Å². The van der Waals surface area contributed by atoms with Gasteiger partial charge in [-0.05, 0) is 31.1 Å². The Balaban J connectivity index is 1.83. The molecule has 0 saturated heterocycles. The molecule has 86 valence electrons. The van der Waals surface area contributed by atoms with Gasteiger partial charge in [-0.2, -0.15) is 0 Å². The summed E-state index contributed by atoms with van der Waals surface area (Å²) >= 11 is 0. The molecule has 0 aromatic heterocycles. The third-order valence-electron chi connectivity index (χ3n) is 4.09. The van der Waals surface area contributed by atoms with E-state index in [1.807, 2.05) is 0 Å². The second kappa shape index (κ2) is 4.97. The number of carbonyl (C=O) groups is 1. The third kappa shape index (κ3) is 2.71. The minimum Gasteiger partial charge on any atom is -0.352 e. The van der Waals surface area contributed by atoms with Crippen molar-refractivity contribution in [3.8, 4) is 0 Å². The maximum absolute atomic E-state index is 11.2. The Bertz CT molecular complexity index is 230. The Morgan fingerprint density at radius 2 is 1.87 bits per heavy atom. The molecule has 2 saturated carbocycles. The number of fused-ring (bicyclic) bond motifs is 1. The van der Waals surface area contributed by atoms with E-state index in [1.54, 1.807) is 0 Å². The van der Waals surface area contributed by atoms with Crippen molar-refractivity contribution in [3.05, 3.63) is 0 Å². The van der Waals surface area contributed by atoms with E-state index < -0.39 is 0 Å². The maximum atomic E-state index is 11.2. The molecule has 2 aliphatic rings. The van der Waals surface area contributed by atoms with Crippen LogP contribution in [-0.4, -0.2) is 18.5 Å². The molecule has 3 N–H and O–H groups in total. The summed E-state index contributed by atoms with van der Waals surface area (Å²) in [6.07, 6.45) is 9.26. The van der Waals surface area contributed by atoms with E-state index in [1.165, 1.54) is 38.5 Å². The summed E-state index contributed by atoms with van der Waals surface area (Å²) in [6, 6.07) is 0.403. The van der Waals surface area contributed by atoms with Crippen molar-refractivity contribution in [3.63, 3.8) is 0 Å². The van der Waals surface area contributed by atoms with E-state index in [0.717, 1.165) is 18.3 Å². The Morgan fingerprint density at radius 3 is 2.60 bits per heavy atom. The van der Waals surface area contributed by atoms with Gasteiger partial charge in [0.25, 0.3) is 0 Å². The zero-order valence-electron chi connectivity index (χ0n) is 9.37. The Hall–Kier alpha value is -0.570. The summed E-state index contributed by atoms with van der Waals surface area (Å²) in [5.74, 6) is 1.83. The fourth-order valence-electron chi connectivity index (χ4n) is 3.29. The van der Waals surface area contributed by atoms with Crippen molar-refractivity contribution < 1.29 is 4.79 Å². The fourth-order valence-corrected chi connectivity index (χ4v) is 3.29. The molecule has 0 bridgehead atoms. The van der Waals surface area contributed by atoms with E-state index in [2.05, 4.69) is 5.32 Å². The molecule has 2 rings (SSSR count). The van der Waals surface area contributed by atoms with Gasteiger partial charge in [0.1, 0.15) is 0 Å². The highest BCUT2D eigenvalue weighted by atomic mass is 16.1. The normalized spacial score (nSPS) is 35.7. The molecule has 0 aliphatic heterocycles. The summed E-state index contributed by atoms with van der Waals surface area (Å²) in [7, 11) is 0. The zero-order chi connectivity index (χ0) is 10.7. The van der Waals surface area contributed by atoms with Gasteiger partial charge in [0.2, 0.25) is 5.91 Å². The fraction of sp³-hybridized carbons (Fsp3) is 0.917. The Kier molecular flexibility index (Phi) is 3.62. The molecule has 2 aliphatic carbocycles. The van der Waals surface area contributed by atoms with Gasteiger partial charge in [-0.15, -0.1) is 0 Å². The summed E-state index contributed by atoms with van der Waals surface area (Å²) in [5, 5.41) is 3.04. The second-order valence-corrected chi connectivity index (χ2v) is 5.09. The third-order valence-corrected chi connectivity index (χ3v) is 4.09. The first kappa shape index (κ1) is 10.9. The smallest absolute Gasteiger partial charge is 0.233 e. The van der Waals surface area contributed by atoms with Crippen molar-refractivity contribution in [1.82, 2.24) is 5.32 Å². The number of hydrogen-bond donors (Lipinski definition) is 2. The highest BCUT2D eigenvalue weighted by Crippen LogP contribution is 2.40. The van der Waals surface area contributed by atoms with Gasteiger partial charge < -0.3 is 11.1 Å². The second-order valence-electron chi connectivity index (χ2n) is 5.09. The van der Waals surface area contributed by atoms with Crippen LogP contribution in [0.5, 0.6) is 0 Å². The van der Waals surface area contributed by atoms with Crippen LogP contribution in [0.3, 0.4) is 0 Å². The van der Waals surface area contributed by atoms with E-state index in [9.17, 15) is 4.79 Å². The van der Waals surface area contributed by atoms with Crippen molar-refractivity contribution in [2.24, 2.45) is 17.6 Å². The molecule has 3 heteroatoms. The van der Waals surface area contributed by atoms with Crippen LogP contribution in [0.2, 0.25) is 0 Å². The number of rotatable bonds is 2. The lowest BCUT2D eigenvalue weighted by atomic mass is 9.69. The van der Waals surface area contributed by atoms with Gasteiger partial charge in [-0.25, -0.2) is 0 Å². The molecule has 15 heavy (non-hydrogen) atoms. The van der Waals surface area contributed by atoms with Crippen LogP contribution in [0.1, 0.15) is 44.9 Å². The number of amides is 1. The molecule has 2 fully saturated rings. The average molecular weight is 210 g/mol. The lowest BCUT2D eigenvalue weighted by Gasteiger charge is -2.39. The van der Waals surface area contributed by atoms with E-state index in [-0.39, 0.29) is 12.5 Å². The molecular weight excluding hydrogens is 188 g/mol. The number of carbonyl (C=O) groups excluding carboxylic acids is 1. The molecule has 0 aromatic carbocycles. The SMILES string of the molecule is NCC(=O)NC1CCC2CCCCC2C1. The molecule has 3 nitrogen and oxygen atoms in total. The molecular formula is C12H22N2O. The first-order valence-electron chi connectivity index (χ1n) is 6.29. The molecule has 0 heterocycles. The summed E-state index contributed by atoms with van der Waals surface area (Å²) < 4.78 is 0. The van der Waals surface area contributed by atoms with Gasteiger partial charge in [0.15, 0.2) is 0 Å². The van der Waals surface area contributed by atoms with E-state index >= 15 is 0 Å². The van der Waals surface area contributed by atoms with Crippen LogP contribution in [-0.2, 0) is 4.79 Å². The maximum Gasteiger partial charge on any atom is 0.233 e. The van der Waals surface area contributed by atoms with Crippen LogP contribution in [0, 0.1) is 11.8 Å². The quantitative estimate of drug-likeness (QED) is 0.724. The monoisotopic (exact) mass is 210 g/mol. The molecule has 0 aromatic rings.